The van der Waals surface area contributed by atoms with Gasteiger partial charge in [-0.2, -0.15) is 4.31 Å². The van der Waals surface area contributed by atoms with Gasteiger partial charge in [-0.15, -0.1) is 0 Å². The number of aromatic nitrogens is 1. The zero-order valence-electron chi connectivity index (χ0n) is 19.7. The highest BCUT2D eigenvalue weighted by molar-refractivity contribution is 7.89. The summed E-state index contributed by atoms with van der Waals surface area (Å²) in [6.07, 6.45) is 7.40. The number of ether oxygens (including phenoxy) is 2. The van der Waals surface area contributed by atoms with Crippen molar-refractivity contribution in [1.82, 2.24) is 14.2 Å². The van der Waals surface area contributed by atoms with Crippen LogP contribution in [0, 0.1) is 0 Å². The molecule has 0 saturated carbocycles. The van der Waals surface area contributed by atoms with Gasteiger partial charge in [-0.1, -0.05) is 18.2 Å². The number of hydrogen-bond acceptors (Lipinski definition) is 6. The zero-order chi connectivity index (χ0) is 24.1. The first-order chi connectivity index (χ1) is 17.1. The first-order valence-electron chi connectivity index (χ1n) is 12.2. The van der Waals surface area contributed by atoms with Gasteiger partial charge in [0.25, 0.3) is 0 Å². The summed E-state index contributed by atoms with van der Waals surface area (Å²) in [5, 5.41) is 0. The number of benzene rings is 2. The van der Waals surface area contributed by atoms with Gasteiger partial charge in [-0.3, -0.25) is 4.98 Å². The second-order valence-electron chi connectivity index (χ2n) is 9.06. The minimum Gasteiger partial charge on any atom is -0.490 e. The first-order valence-corrected chi connectivity index (χ1v) is 13.7. The highest BCUT2D eigenvalue weighted by Gasteiger charge is 2.33. The van der Waals surface area contributed by atoms with E-state index in [1.54, 1.807) is 41.0 Å². The largest absolute Gasteiger partial charge is 0.490 e. The lowest BCUT2D eigenvalue weighted by Gasteiger charge is -2.41. The molecule has 2 aliphatic heterocycles. The molecule has 0 aliphatic carbocycles. The summed E-state index contributed by atoms with van der Waals surface area (Å²) in [6.45, 7) is 3.05. The third-order valence-electron chi connectivity index (χ3n) is 6.81. The molecule has 2 aromatic carbocycles. The van der Waals surface area contributed by atoms with Gasteiger partial charge in [0.05, 0.1) is 4.90 Å². The van der Waals surface area contributed by atoms with Crippen molar-refractivity contribution in [1.29, 1.82) is 0 Å². The summed E-state index contributed by atoms with van der Waals surface area (Å²) in [5.74, 6) is 2.21. The molecule has 0 atom stereocenters. The summed E-state index contributed by atoms with van der Waals surface area (Å²) in [7, 11) is -3.52. The van der Waals surface area contributed by atoms with Crippen LogP contribution in [-0.4, -0.2) is 60.9 Å². The quantitative estimate of drug-likeness (QED) is 0.480. The Morgan fingerprint density at radius 1 is 0.714 bits per heavy atom. The molecule has 0 N–H and O–H groups in total. The Kier molecular flexibility index (Phi) is 7.32. The van der Waals surface area contributed by atoms with Crippen molar-refractivity contribution in [3.8, 4) is 17.2 Å². The third kappa shape index (κ3) is 5.83. The molecule has 2 saturated heterocycles. The molecule has 2 fully saturated rings. The summed E-state index contributed by atoms with van der Waals surface area (Å²) in [5.41, 5.74) is 0. The van der Waals surface area contributed by atoms with Crippen LogP contribution in [0.5, 0.6) is 17.2 Å². The number of rotatable bonds is 7. The van der Waals surface area contributed by atoms with Gasteiger partial charge in [-0.05, 0) is 74.2 Å². The van der Waals surface area contributed by atoms with Gasteiger partial charge in [0, 0.05) is 44.6 Å². The Labute approximate surface area is 207 Å². The average Bonchev–Trinajstić information content (AvgIpc) is 2.91. The van der Waals surface area contributed by atoms with Crippen LogP contribution >= 0.6 is 0 Å². The van der Waals surface area contributed by atoms with Gasteiger partial charge >= 0.3 is 0 Å². The number of likely N-dealkylation sites (tertiary alicyclic amines) is 1. The van der Waals surface area contributed by atoms with Gasteiger partial charge in [-0.25, -0.2) is 8.42 Å². The van der Waals surface area contributed by atoms with E-state index in [-0.39, 0.29) is 6.10 Å². The number of sulfonamides is 1. The molecule has 0 amide bonds. The Bertz CT molecular complexity index is 1170. The average molecular weight is 494 g/mol. The van der Waals surface area contributed by atoms with E-state index in [0.717, 1.165) is 50.3 Å². The predicted octanol–water partition coefficient (Wildman–Crippen LogP) is 4.57. The van der Waals surface area contributed by atoms with E-state index in [1.165, 1.54) is 0 Å². The molecule has 8 heteroatoms. The number of piperidine rings is 2. The SMILES string of the molecule is O=S(=O)(c1ccc(Oc2ccccc2)cc1)N1CCC(N2CCC(Oc3ccncc3)CC2)CC1. The number of pyridine rings is 1. The van der Waals surface area contributed by atoms with Crippen molar-refractivity contribution >= 4 is 10.0 Å². The Hall–Kier alpha value is -2.94. The molecule has 184 valence electrons. The summed E-state index contributed by atoms with van der Waals surface area (Å²) >= 11 is 0. The standard InChI is InChI=1S/C27H31N3O4S/c31-35(32,27-8-6-24(7-9-27)33-23-4-2-1-3-5-23)30-20-12-22(13-21-30)29-18-14-26(15-19-29)34-25-10-16-28-17-11-25/h1-11,16-17,22,26H,12-15,18-21H2. The highest BCUT2D eigenvalue weighted by atomic mass is 32.2. The molecule has 0 bridgehead atoms. The lowest BCUT2D eigenvalue weighted by molar-refractivity contribution is 0.0585. The van der Waals surface area contributed by atoms with E-state index in [0.29, 0.717) is 29.8 Å². The van der Waals surface area contributed by atoms with E-state index < -0.39 is 10.0 Å². The Morgan fingerprint density at radius 3 is 2.00 bits per heavy atom. The fourth-order valence-electron chi connectivity index (χ4n) is 4.87. The summed E-state index contributed by atoms with van der Waals surface area (Å²) in [4.78, 5) is 6.85. The Balaban J connectivity index is 1.11. The minimum atomic E-state index is -3.52. The molecule has 5 rings (SSSR count). The van der Waals surface area contributed by atoms with Crippen molar-refractivity contribution in [2.45, 2.75) is 42.7 Å². The second kappa shape index (κ2) is 10.8. The Morgan fingerprint density at radius 2 is 1.34 bits per heavy atom. The fourth-order valence-corrected chi connectivity index (χ4v) is 6.34. The van der Waals surface area contributed by atoms with E-state index in [9.17, 15) is 8.42 Å². The van der Waals surface area contributed by atoms with Crippen LogP contribution in [0.15, 0.2) is 84.0 Å². The molecule has 3 aromatic rings. The van der Waals surface area contributed by atoms with Crippen LogP contribution < -0.4 is 9.47 Å². The molecule has 1 aromatic heterocycles. The molecule has 0 spiro atoms. The van der Waals surface area contributed by atoms with Gasteiger partial charge in [0.1, 0.15) is 23.4 Å². The van der Waals surface area contributed by atoms with Crippen LogP contribution in [0.3, 0.4) is 0 Å². The second-order valence-corrected chi connectivity index (χ2v) is 11.0. The predicted molar refractivity (Wildman–Crippen MR) is 134 cm³/mol. The van der Waals surface area contributed by atoms with Crippen molar-refractivity contribution in [2.75, 3.05) is 26.2 Å². The topological polar surface area (TPSA) is 72.0 Å². The normalized spacial score (nSPS) is 18.9. The van der Waals surface area contributed by atoms with Crippen molar-refractivity contribution < 1.29 is 17.9 Å². The van der Waals surface area contributed by atoms with Crippen LogP contribution in [0.4, 0.5) is 0 Å². The maximum Gasteiger partial charge on any atom is 0.243 e. The monoisotopic (exact) mass is 493 g/mol. The number of nitrogens with zero attached hydrogens (tertiary/aromatic N) is 3. The van der Waals surface area contributed by atoms with Crippen molar-refractivity contribution in [3.05, 3.63) is 79.1 Å². The van der Waals surface area contributed by atoms with E-state index in [4.69, 9.17) is 9.47 Å². The van der Waals surface area contributed by atoms with Gasteiger partial charge < -0.3 is 14.4 Å². The lowest BCUT2D eigenvalue weighted by Crippen LogP contribution is -2.50. The van der Waals surface area contributed by atoms with E-state index in [2.05, 4.69) is 9.88 Å². The summed E-state index contributed by atoms with van der Waals surface area (Å²) < 4.78 is 39.9. The van der Waals surface area contributed by atoms with Crippen LogP contribution in [0.1, 0.15) is 25.7 Å². The molecule has 0 unspecified atom stereocenters. The molecule has 35 heavy (non-hydrogen) atoms. The number of hydrogen-bond donors (Lipinski definition) is 0. The molecular formula is C27H31N3O4S. The smallest absolute Gasteiger partial charge is 0.243 e. The molecular weight excluding hydrogens is 462 g/mol. The van der Waals surface area contributed by atoms with E-state index in [1.807, 2.05) is 42.5 Å². The maximum atomic E-state index is 13.2. The van der Waals surface area contributed by atoms with Crippen LogP contribution in [-0.2, 0) is 10.0 Å². The third-order valence-corrected chi connectivity index (χ3v) is 8.72. The number of para-hydroxylation sites is 1. The first kappa shape index (κ1) is 23.8. The molecule has 0 radical (unpaired) electrons. The molecule has 7 nitrogen and oxygen atoms in total. The van der Waals surface area contributed by atoms with Gasteiger partial charge in [0.2, 0.25) is 10.0 Å². The maximum absolute atomic E-state index is 13.2. The minimum absolute atomic E-state index is 0.225. The van der Waals surface area contributed by atoms with Crippen LogP contribution in [0.2, 0.25) is 0 Å². The zero-order valence-corrected chi connectivity index (χ0v) is 20.5. The summed E-state index contributed by atoms with van der Waals surface area (Å²) in [6, 6.07) is 20.4. The van der Waals surface area contributed by atoms with Crippen molar-refractivity contribution in [3.63, 3.8) is 0 Å². The lowest BCUT2D eigenvalue weighted by atomic mass is 10.00. The van der Waals surface area contributed by atoms with Crippen LogP contribution in [0.25, 0.3) is 0 Å². The van der Waals surface area contributed by atoms with Crippen molar-refractivity contribution in [2.24, 2.45) is 0 Å². The molecule has 2 aliphatic rings. The van der Waals surface area contributed by atoms with E-state index >= 15 is 0 Å². The molecule has 3 heterocycles. The van der Waals surface area contributed by atoms with Gasteiger partial charge in [0.15, 0.2) is 0 Å². The fraction of sp³-hybridized carbons (Fsp3) is 0.370. The highest BCUT2D eigenvalue weighted by Crippen LogP contribution is 2.28.